The van der Waals surface area contributed by atoms with E-state index in [-0.39, 0.29) is 16.2 Å². The number of aromatic nitrogens is 1. The molecule has 6 atom stereocenters. The molecule has 220 valence electrons. The SMILES string of the molecule is C=C1C(=CC=C2CCC[C@]3(C)[C@@H](C(C)(C)C=C[C@@H](O)C4(c5ncc(CCCC)s5)CC4)CC[C@@H]23)C[C@@H](O)C[C@@H]1O. The Balaban J connectivity index is 1.30. The molecule has 40 heavy (non-hydrogen) atoms. The van der Waals surface area contributed by atoms with Gasteiger partial charge in [0.2, 0.25) is 0 Å². The highest BCUT2D eigenvalue weighted by molar-refractivity contribution is 7.11. The molecule has 0 unspecified atom stereocenters. The van der Waals surface area contributed by atoms with Gasteiger partial charge < -0.3 is 15.3 Å². The molecule has 0 radical (unpaired) electrons. The molecule has 4 saturated carbocycles. The van der Waals surface area contributed by atoms with Crippen molar-refractivity contribution in [1.82, 2.24) is 4.98 Å². The molecule has 0 aliphatic heterocycles. The molecule has 5 heteroatoms. The number of aliphatic hydroxyl groups is 3. The summed E-state index contributed by atoms with van der Waals surface area (Å²) in [4.78, 5) is 6.11. The predicted molar refractivity (Wildman–Crippen MR) is 165 cm³/mol. The predicted octanol–water partition coefficient (Wildman–Crippen LogP) is 7.60. The van der Waals surface area contributed by atoms with Crippen LogP contribution in [0, 0.1) is 22.7 Å². The zero-order valence-electron chi connectivity index (χ0n) is 25.2. The maximum absolute atomic E-state index is 11.4. The fourth-order valence-corrected chi connectivity index (χ4v) is 9.58. The summed E-state index contributed by atoms with van der Waals surface area (Å²) < 4.78 is 0. The summed E-state index contributed by atoms with van der Waals surface area (Å²) in [5.74, 6) is 1.10. The van der Waals surface area contributed by atoms with Crippen molar-refractivity contribution in [2.45, 2.75) is 128 Å². The Bertz CT molecular complexity index is 1170. The first-order chi connectivity index (χ1) is 19.0. The molecule has 4 aliphatic rings. The fraction of sp³-hybridized carbons (Fsp3) is 0.686. The fourth-order valence-electron chi connectivity index (χ4n) is 8.34. The topological polar surface area (TPSA) is 73.6 Å². The second-order valence-corrected chi connectivity index (χ2v) is 15.2. The van der Waals surface area contributed by atoms with Crippen LogP contribution in [0.15, 0.2) is 53.8 Å². The second-order valence-electron chi connectivity index (χ2n) is 14.1. The molecule has 0 aromatic carbocycles. The van der Waals surface area contributed by atoms with Gasteiger partial charge in [-0.1, -0.05) is 70.6 Å². The van der Waals surface area contributed by atoms with Gasteiger partial charge in [-0.15, -0.1) is 11.3 Å². The van der Waals surface area contributed by atoms with E-state index in [1.165, 1.54) is 49.0 Å². The van der Waals surface area contributed by atoms with Crippen LogP contribution in [0.5, 0.6) is 0 Å². The van der Waals surface area contributed by atoms with Crippen LogP contribution < -0.4 is 0 Å². The van der Waals surface area contributed by atoms with Gasteiger partial charge in [0, 0.05) is 17.5 Å². The van der Waals surface area contributed by atoms with Crippen LogP contribution in [-0.4, -0.2) is 38.6 Å². The first kappa shape index (κ1) is 29.9. The van der Waals surface area contributed by atoms with Crippen LogP contribution in [0.2, 0.25) is 0 Å². The summed E-state index contributed by atoms with van der Waals surface area (Å²) >= 11 is 1.81. The lowest BCUT2D eigenvalue weighted by atomic mass is 9.57. The minimum Gasteiger partial charge on any atom is -0.393 e. The molecule has 1 aromatic rings. The summed E-state index contributed by atoms with van der Waals surface area (Å²) in [6, 6.07) is 0. The Morgan fingerprint density at radius 1 is 1.20 bits per heavy atom. The molecule has 0 bridgehead atoms. The van der Waals surface area contributed by atoms with E-state index >= 15 is 0 Å². The van der Waals surface area contributed by atoms with E-state index in [1.807, 2.05) is 17.5 Å². The van der Waals surface area contributed by atoms with Gasteiger partial charge in [0.1, 0.15) is 5.01 Å². The molecule has 4 fully saturated rings. The summed E-state index contributed by atoms with van der Waals surface area (Å²) in [6.07, 6.45) is 21.7. The molecule has 0 saturated heterocycles. The van der Waals surface area contributed by atoms with Gasteiger partial charge in [0.05, 0.1) is 23.7 Å². The van der Waals surface area contributed by atoms with Crippen molar-refractivity contribution in [3.8, 4) is 0 Å². The number of rotatable bonds is 9. The summed E-state index contributed by atoms with van der Waals surface area (Å²) in [5.41, 5.74) is 3.31. The maximum Gasteiger partial charge on any atom is 0.102 e. The third-order valence-electron chi connectivity index (χ3n) is 10.9. The van der Waals surface area contributed by atoms with E-state index < -0.39 is 18.3 Å². The maximum atomic E-state index is 11.4. The minimum atomic E-state index is -0.641. The average molecular weight is 566 g/mol. The first-order valence-electron chi connectivity index (χ1n) is 15.8. The molecular weight excluding hydrogens is 514 g/mol. The summed E-state index contributed by atoms with van der Waals surface area (Å²) in [5, 5.41) is 33.0. The Labute approximate surface area is 246 Å². The van der Waals surface area contributed by atoms with E-state index in [2.05, 4.69) is 58.6 Å². The van der Waals surface area contributed by atoms with E-state index in [0.29, 0.717) is 24.7 Å². The van der Waals surface area contributed by atoms with Crippen LogP contribution >= 0.6 is 11.3 Å². The van der Waals surface area contributed by atoms with Crippen LogP contribution in [0.4, 0.5) is 0 Å². The number of unbranched alkanes of at least 4 members (excludes halogenated alkanes) is 1. The Morgan fingerprint density at radius 2 is 1.98 bits per heavy atom. The van der Waals surface area contributed by atoms with Gasteiger partial charge in [0.15, 0.2) is 0 Å². The molecule has 0 amide bonds. The molecule has 3 N–H and O–H groups in total. The van der Waals surface area contributed by atoms with Gasteiger partial charge >= 0.3 is 0 Å². The second kappa shape index (κ2) is 11.6. The largest absolute Gasteiger partial charge is 0.393 e. The van der Waals surface area contributed by atoms with E-state index in [0.717, 1.165) is 41.8 Å². The third kappa shape index (κ3) is 5.73. The highest BCUT2D eigenvalue weighted by Crippen LogP contribution is 2.62. The lowest BCUT2D eigenvalue weighted by Gasteiger charge is -2.47. The van der Waals surface area contributed by atoms with Crippen molar-refractivity contribution >= 4 is 11.3 Å². The molecule has 5 rings (SSSR count). The van der Waals surface area contributed by atoms with E-state index in [9.17, 15) is 15.3 Å². The standard InChI is InChI=1S/C35H51NO3S/c1-6-7-10-27-22-36-32(40-27)35(18-19-35)31(39)15-17-33(3,4)30-14-13-28-24(9-8-16-34(28,30)5)11-12-25-20-26(37)21-29(38)23(25)2/h11-12,15,17,22,26,28-31,37-39H,2,6-10,13-14,16,18-21H2,1,3-5H3/t26-,28+,29+,30-,31-,34+/m1/s1. The zero-order chi connectivity index (χ0) is 28.7. The van der Waals surface area contributed by atoms with Gasteiger partial charge in [0.25, 0.3) is 0 Å². The Hall–Kier alpha value is -1.53. The molecule has 0 spiro atoms. The number of allylic oxidation sites excluding steroid dienone is 4. The zero-order valence-corrected chi connectivity index (χ0v) is 26.0. The van der Waals surface area contributed by atoms with Gasteiger partial charge in [-0.05, 0) is 98.0 Å². The normalized spacial score (nSPS) is 35.0. The van der Waals surface area contributed by atoms with Crippen LogP contribution in [0.25, 0.3) is 0 Å². The molecule has 1 heterocycles. The quantitative estimate of drug-likeness (QED) is 0.270. The number of nitrogens with zero attached hydrogens (tertiary/aromatic N) is 1. The minimum absolute atomic E-state index is 0.0114. The molecule has 4 aliphatic carbocycles. The number of thiazole rings is 1. The lowest BCUT2D eigenvalue weighted by molar-refractivity contribution is 0.0706. The third-order valence-corrected chi connectivity index (χ3v) is 12.2. The monoisotopic (exact) mass is 565 g/mol. The highest BCUT2D eigenvalue weighted by Gasteiger charge is 2.54. The first-order valence-corrected chi connectivity index (χ1v) is 16.6. The van der Waals surface area contributed by atoms with Crippen molar-refractivity contribution in [1.29, 1.82) is 0 Å². The number of fused-ring (bicyclic) bond motifs is 1. The smallest absolute Gasteiger partial charge is 0.102 e. The number of aliphatic hydroxyl groups excluding tert-OH is 3. The molecule has 4 nitrogen and oxygen atoms in total. The number of aryl methyl sites for hydroxylation is 1. The summed E-state index contributed by atoms with van der Waals surface area (Å²) in [7, 11) is 0. The van der Waals surface area contributed by atoms with Crippen molar-refractivity contribution in [2.75, 3.05) is 0 Å². The van der Waals surface area contributed by atoms with Crippen molar-refractivity contribution in [3.63, 3.8) is 0 Å². The van der Waals surface area contributed by atoms with Gasteiger partial charge in [-0.25, -0.2) is 4.98 Å². The number of hydrogen-bond acceptors (Lipinski definition) is 5. The van der Waals surface area contributed by atoms with E-state index in [4.69, 9.17) is 4.98 Å². The van der Waals surface area contributed by atoms with E-state index in [1.54, 1.807) is 0 Å². The molecular formula is C35H51NO3S. The lowest BCUT2D eigenvalue weighted by Crippen LogP contribution is -2.39. The van der Waals surface area contributed by atoms with Crippen molar-refractivity contribution < 1.29 is 15.3 Å². The Kier molecular flexibility index (Phi) is 8.70. The average Bonchev–Trinajstić information content (AvgIpc) is 3.43. The van der Waals surface area contributed by atoms with Crippen molar-refractivity contribution in [2.24, 2.45) is 22.7 Å². The summed E-state index contributed by atoms with van der Waals surface area (Å²) in [6.45, 7) is 13.6. The number of hydrogen-bond donors (Lipinski definition) is 3. The Morgan fingerprint density at radius 3 is 2.70 bits per heavy atom. The van der Waals surface area contributed by atoms with Gasteiger partial charge in [-0.3, -0.25) is 0 Å². The van der Waals surface area contributed by atoms with Crippen molar-refractivity contribution in [3.05, 3.63) is 63.7 Å². The highest BCUT2D eigenvalue weighted by atomic mass is 32.1. The molecule has 1 aromatic heterocycles. The van der Waals surface area contributed by atoms with Crippen LogP contribution in [0.1, 0.15) is 108 Å². The van der Waals surface area contributed by atoms with Crippen LogP contribution in [0.3, 0.4) is 0 Å². The van der Waals surface area contributed by atoms with Gasteiger partial charge in [-0.2, -0.15) is 0 Å². The van der Waals surface area contributed by atoms with Crippen LogP contribution in [-0.2, 0) is 11.8 Å².